The van der Waals surface area contributed by atoms with E-state index in [-0.39, 0.29) is 34.9 Å². The number of carbonyl (C=O) groups excluding carboxylic acids is 2. The minimum Gasteiger partial charge on any atom is -0.458 e. The predicted octanol–water partition coefficient (Wildman–Crippen LogP) is 5.57. The van der Waals surface area contributed by atoms with E-state index in [1.807, 2.05) is 6.92 Å². The highest BCUT2D eigenvalue weighted by atomic mass is 32.3. The van der Waals surface area contributed by atoms with Gasteiger partial charge in [-0.2, -0.15) is 0 Å². The normalized spacial score (nSPS) is 16.0. The molecule has 0 atom stereocenters. The maximum atomic E-state index is 15.7. The van der Waals surface area contributed by atoms with Crippen LogP contribution in [0.5, 0.6) is 0 Å². The highest BCUT2D eigenvalue weighted by Gasteiger charge is 2.35. The van der Waals surface area contributed by atoms with Crippen molar-refractivity contribution in [3.63, 3.8) is 0 Å². The van der Waals surface area contributed by atoms with Gasteiger partial charge in [-0.3, -0.25) is 23.9 Å². The summed E-state index contributed by atoms with van der Waals surface area (Å²) in [7, 11) is -1.23. The maximum Gasteiger partial charge on any atom is 0.355 e. The van der Waals surface area contributed by atoms with Gasteiger partial charge in [-0.25, -0.2) is 41.0 Å². The lowest BCUT2D eigenvalue weighted by atomic mass is 9.98. The van der Waals surface area contributed by atoms with Crippen LogP contribution in [0.25, 0.3) is 28.5 Å². The first-order valence-corrected chi connectivity index (χ1v) is 20.2. The molecule has 1 aliphatic carbocycles. The molecule has 1 amide bonds. The van der Waals surface area contributed by atoms with Crippen molar-refractivity contribution in [1.82, 2.24) is 39.4 Å². The Kier molecular flexibility index (Phi) is 10.9. The van der Waals surface area contributed by atoms with E-state index in [0.717, 1.165) is 47.7 Å². The van der Waals surface area contributed by atoms with Crippen LogP contribution in [0.3, 0.4) is 0 Å². The van der Waals surface area contributed by atoms with E-state index in [1.165, 1.54) is 54.5 Å². The van der Waals surface area contributed by atoms with Gasteiger partial charge in [-0.1, -0.05) is 29.3 Å². The lowest BCUT2D eigenvalue weighted by Gasteiger charge is -2.50. The van der Waals surface area contributed by atoms with Crippen molar-refractivity contribution in [3.8, 4) is 11.5 Å². The minimum absolute atomic E-state index is 0.00342. The number of carbonyl (C=O) groups is 2. The highest BCUT2D eigenvalue weighted by molar-refractivity contribution is 8.27. The number of benzene rings is 2. The topological polar surface area (TPSA) is 186 Å². The molecule has 0 radical (unpaired) electrons. The van der Waals surface area contributed by atoms with Gasteiger partial charge in [0.1, 0.15) is 29.3 Å². The Morgan fingerprint density at radius 1 is 1.00 bits per heavy atom. The number of anilines is 1. The first-order chi connectivity index (χ1) is 28.5. The number of pyridine rings is 2. The Bertz CT molecular complexity index is 2730. The number of aryl methyl sites for hydroxylation is 2. The molecule has 0 spiro atoms. The number of halogens is 2. The van der Waals surface area contributed by atoms with E-state index < -0.39 is 57.2 Å². The predicted molar refractivity (Wildman–Crippen MR) is 212 cm³/mol. The summed E-state index contributed by atoms with van der Waals surface area (Å²) >= 11 is 0. The van der Waals surface area contributed by atoms with Gasteiger partial charge in [0.05, 0.1) is 50.8 Å². The van der Waals surface area contributed by atoms with Gasteiger partial charge >= 0.3 is 11.7 Å². The molecule has 4 aromatic heterocycles. The molecule has 2 aromatic carbocycles. The molecule has 1 saturated carbocycles. The van der Waals surface area contributed by atoms with Crippen LogP contribution in [0.4, 0.5) is 14.5 Å². The van der Waals surface area contributed by atoms with E-state index in [2.05, 4.69) is 30.3 Å². The van der Waals surface area contributed by atoms with Gasteiger partial charge in [-0.15, -0.1) is 5.10 Å². The summed E-state index contributed by atoms with van der Waals surface area (Å²) in [6.07, 6.45) is 11.5. The quantitative estimate of drug-likeness (QED) is 0.122. The number of hydrogen-bond acceptors (Lipinski definition) is 12. The second-order valence-corrected chi connectivity index (χ2v) is 15.9. The molecule has 8 rings (SSSR count). The molecule has 5 heterocycles. The summed E-state index contributed by atoms with van der Waals surface area (Å²) in [5, 5.41) is 10.9. The molecule has 1 saturated heterocycles. The van der Waals surface area contributed by atoms with E-state index in [1.54, 1.807) is 35.1 Å². The summed E-state index contributed by atoms with van der Waals surface area (Å²) in [6.45, 7) is 1.89. The Labute approximate surface area is 336 Å². The Morgan fingerprint density at radius 2 is 1.78 bits per heavy atom. The van der Waals surface area contributed by atoms with Gasteiger partial charge in [0.25, 0.3) is 11.5 Å². The number of hydrogen-bond donors (Lipinski definition) is 2. The van der Waals surface area contributed by atoms with Gasteiger partial charge < -0.3 is 10.1 Å². The molecule has 0 bridgehead atoms. The Balaban J connectivity index is 1.04. The SMILES string of the molecule is CCc1cn(-c2ccc(S3(Nc4cc(F)c(C(=O)N/C(=C/c5ccc(-n6c(=O)c7ccncc7n(C)c6=O)nc5)C(=O)OC5CCCCC5)cc4F)OCO3)cc2)nn1. The zero-order valence-corrected chi connectivity index (χ0v) is 32.6. The largest absolute Gasteiger partial charge is 0.458 e. The molecule has 2 fully saturated rings. The molecule has 16 nitrogen and oxygen atoms in total. The number of fused-ring (bicyclic) bond motifs is 1. The summed E-state index contributed by atoms with van der Waals surface area (Å²) in [4.78, 5) is 62.4. The number of amides is 1. The molecule has 304 valence electrons. The third-order valence-corrected chi connectivity index (χ3v) is 12.2. The lowest BCUT2D eigenvalue weighted by Crippen LogP contribution is -2.38. The van der Waals surface area contributed by atoms with Crippen LogP contribution in [0.15, 0.2) is 99.6 Å². The molecule has 2 aliphatic rings. The molecule has 19 heteroatoms. The second kappa shape index (κ2) is 16.4. The van der Waals surface area contributed by atoms with Crippen molar-refractivity contribution in [1.29, 1.82) is 0 Å². The summed E-state index contributed by atoms with van der Waals surface area (Å²) in [5.74, 6) is -4.11. The smallest absolute Gasteiger partial charge is 0.355 e. The number of rotatable bonds is 11. The zero-order chi connectivity index (χ0) is 41.3. The Hall–Kier alpha value is -6.57. The van der Waals surface area contributed by atoms with Crippen molar-refractivity contribution in [2.75, 3.05) is 11.5 Å². The van der Waals surface area contributed by atoms with Crippen molar-refractivity contribution < 1.29 is 31.5 Å². The van der Waals surface area contributed by atoms with Gasteiger partial charge in [0.2, 0.25) is 0 Å². The van der Waals surface area contributed by atoms with Gasteiger partial charge in [-0.05, 0) is 92.3 Å². The number of ether oxygens (including phenoxy) is 1. The average Bonchev–Trinajstić information content (AvgIpc) is 3.73. The van der Waals surface area contributed by atoms with Crippen molar-refractivity contribution >= 4 is 45.3 Å². The van der Waals surface area contributed by atoms with E-state index in [0.29, 0.717) is 29.3 Å². The number of esters is 1. The fraction of sp³-hybridized carbons (Fsp3) is 0.250. The number of nitrogens with one attached hydrogen (secondary N) is 2. The van der Waals surface area contributed by atoms with Gasteiger partial charge in [0, 0.05) is 25.5 Å². The van der Waals surface area contributed by atoms with Crippen LogP contribution in [0.2, 0.25) is 0 Å². The minimum atomic E-state index is -2.73. The monoisotopic (exact) mass is 825 g/mol. The van der Waals surface area contributed by atoms with Crippen LogP contribution < -0.4 is 21.3 Å². The zero-order valence-electron chi connectivity index (χ0n) is 31.8. The molecule has 0 unspecified atom stereocenters. The van der Waals surface area contributed by atoms with E-state index in [9.17, 15) is 19.2 Å². The lowest BCUT2D eigenvalue weighted by molar-refractivity contribution is -0.146. The summed E-state index contributed by atoms with van der Waals surface area (Å²) in [5.41, 5.74) is -0.497. The van der Waals surface area contributed by atoms with Crippen LogP contribution >= 0.6 is 10.8 Å². The second-order valence-electron chi connectivity index (χ2n) is 13.8. The van der Waals surface area contributed by atoms with E-state index >= 15 is 8.78 Å². The molecular formula is C40H37F2N9O7S. The highest BCUT2D eigenvalue weighted by Crippen LogP contribution is 2.63. The average molecular weight is 826 g/mol. The van der Waals surface area contributed by atoms with Crippen LogP contribution in [-0.2, 0) is 31.4 Å². The maximum absolute atomic E-state index is 15.7. The number of nitrogens with zero attached hydrogens (tertiary/aromatic N) is 7. The van der Waals surface area contributed by atoms with E-state index in [4.69, 9.17) is 13.1 Å². The first kappa shape index (κ1) is 39.3. The van der Waals surface area contributed by atoms with Crippen molar-refractivity contribution in [3.05, 3.63) is 134 Å². The fourth-order valence-electron chi connectivity index (χ4n) is 6.72. The standard InChI is InChI=1S/C40H37F2N9O7S/c1-3-25-22-50(48-46-25)26-10-12-28(13-11-26)59(56-23-57-59)47-33-19-31(41)30(18-32(33)42)37(52)45-34(39(54)58-27-7-5-4-6-8-27)17-24-9-14-36(44-20-24)51-38(53)29-15-16-43-21-35(29)49(2)40(51)55/h9-22,27,47H,3-8,23H2,1-2H3,(H,45,52)/b34-17+. The third kappa shape index (κ3) is 7.86. The number of aromatic nitrogens is 7. The van der Waals surface area contributed by atoms with Gasteiger partial charge in [0.15, 0.2) is 6.79 Å². The van der Waals surface area contributed by atoms with Crippen LogP contribution in [0.1, 0.15) is 60.6 Å². The molecular weight excluding hydrogens is 789 g/mol. The molecule has 1 aliphatic heterocycles. The fourth-order valence-corrected chi connectivity index (χ4v) is 8.46. The van der Waals surface area contributed by atoms with Crippen molar-refractivity contribution in [2.45, 2.75) is 56.4 Å². The molecule has 2 N–H and O–H groups in total. The van der Waals surface area contributed by atoms with Crippen LogP contribution in [0, 0.1) is 11.6 Å². The third-order valence-electron chi connectivity index (χ3n) is 9.97. The van der Waals surface area contributed by atoms with Crippen molar-refractivity contribution in [2.24, 2.45) is 7.05 Å². The Morgan fingerprint density at radius 3 is 2.46 bits per heavy atom. The summed E-state index contributed by atoms with van der Waals surface area (Å²) in [6, 6.07) is 12.8. The molecule has 6 aromatic rings. The van der Waals surface area contributed by atoms with Crippen LogP contribution in [-0.4, -0.2) is 58.9 Å². The first-order valence-electron chi connectivity index (χ1n) is 18.7. The summed E-state index contributed by atoms with van der Waals surface area (Å²) < 4.78 is 55.3. The molecule has 59 heavy (non-hydrogen) atoms.